The molecule has 3 N–H and O–H groups in total. The van der Waals surface area contributed by atoms with Gasteiger partial charge in [-0.25, -0.2) is 4.39 Å². The molecule has 1 aliphatic rings. The monoisotopic (exact) mass is 404 g/mol. The van der Waals surface area contributed by atoms with Gasteiger partial charge in [-0.1, -0.05) is 24.0 Å². The van der Waals surface area contributed by atoms with Gasteiger partial charge in [0.25, 0.3) is 0 Å². The Bertz CT molecular complexity index is 1110. The average molecular weight is 404 g/mol. The highest BCUT2D eigenvalue weighted by molar-refractivity contribution is 6.15. The number of aromatic amines is 1. The van der Waals surface area contributed by atoms with Crippen LogP contribution in [-0.4, -0.2) is 53.7 Å². The van der Waals surface area contributed by atoms with Gasteiger partial charge in [0.15, 0.2) is 5.78 Å². The summed E-state index contributed by atoms with van der Waals surface area (Å²) in [5.74, 6) is 5.82. The number of morpholine rings is 1. The van der Waals surface area contributed by atoms with Crippen molar-refractivity contribution in [2.45, 2.75) is 0 Å². The van der Waals surface area contributed by atoms with Gasteiger partial charge < -0.3 is 10.5 Å². The molecule has 1 aliphatic heterocycles. The number of carbonyl (C=O) groups is 1. The molecule has 2 aromatic carbocycles. The first-order chi connectivity index (χ1) is 14.6. The molecule has 30 heavy (non-hydrogen) atoms. The summed E-state index contributed by atoms with van der Waals surface area (Å²) in [6, 6.07) is 12.9. The first kappa shape index (κ1) is 19.8. The first-order valence-electron chi connectivity index (χ1n) is 9.65. The van der Waals surface area contributed by atoms with Crippen LogP contribution >= 0.6 is 0 Å². The van der Waals surface area contributed by atoms with Crippen LogP contribution in [0.5, 0.6) is 0 Å². The van der Waals surface area contributed by atoms with Crippen molar-refractivity contribution < 1.29 is 13.9 Å². The molecule has 0 bridgehead atoms. The minimum atomic E-state index is -0.363. The Labute approximate surface area is 173 Å². The summed E-state index contributed by atoms with van der Waals surface area (Å²) < 4.78 is 18.6. The number of nitrogen functional groups attached to an aromatic ring is 1. The average Bonchev–Trinajstić information content (AvgIpc) is 3.16. The molecule has 0 aliphatic carbocycles. The SMILES string of the molecule is Nc1[nH]nc(-c2ccc(F)cc2)c1C(=O)c1cccc(C#CCN2CCOCC2)c1. The first-order valence-corrected chi connectivity index (χ1v) is 9.65. The molecule has 0 radical (unpaired) electrons. The number of H-pyrrole nitrogens is 1. The van der Waals surface area contributed by atoms with Crippen LogP contribution in [0.2, 0.25) is 0 Å². The van der Waals surface area contributed by atoms with Crippen molar-refractivity contribution in [3.63, 3.8) is 0 Å². The molecule has 1 aromatic heterocycles. The number of halogens is 1. The molecule has 3 aromatic rings. The van der Waals surface area contributed by atoms with E-state index in [0.717, 1.165) is 31.9 Å². The van der Waals surface area contributed by atoms with E-state index in [1.54, 1.807) is 30.3 Å². The van der Waals surface area contributed by atoms with Crippen molar-refractivity contribution in [1.29, 1.82) is 0 Å². The quantitative estimate of drug-likeness (QED) is 0.516. The third kappa shape index (κ3) is 4.40. The number of hydrogen-bond acceptors (Lipinski definition) is 5. The summed E-state index contributed by atoms with van der Waals surface area (Å²) >= 11 is 0. The number of benzene rings is 2. The van der Waals surface area contributed by atoms with Crippen LogP contribution in [0.3, 0.4) is 0 Å². The summed E-state index contributed by atoms with van der Waals surface area (Å²) in [5, 5.41) is 6.80. The Morgan fingerprint density at radius 2 is 1.97 bits per heavy atom. The predicted molar refractivity (Wildman–Crippen MR) is 112 cm³/mol. The van der Waals surface area contributed by atoms with E-state index in [4.69, 9.17) is 10.5 Å². The second-order valence-electron chi connectivity index (χ2n) is 6.97. The second kappa shape index (κ2) is 8.91. The zero-order valence-corrected chi connectivity index (χ0v) is 16.3. The molecule has 1 saturated heterocycles. The number of rotatable bonds is 4. The molecule has 1 fully saturated rings. The number of anilines is 1. The van der Waals surface area contributed by atoms with E-state index < -0.39 is 0 Å². The Morgan fingerprint density at radius 1 is 1.20 bits per heavy atom. The van der Waals surface area contributed by atoms with Gasteiger partial charge in [-0.05, 0) is 36.4 Å². The number of hydrogen-bond donors (Lipinski definition) is 2. The van der Waals surface area contributed by atoms with E-state index in [1.807, 2.05) is 6.07 Å². The predicted octanol–water partition coefficient (Wildman–Crippen LogP) is 2.71. The summed E-state index contributed by atoms with van der Waals surface area (Å²) in [6.45, 7) is 3.87. The minimum absolute atomic E-state index is 0.170. The number of carbonyl (C=O) groups excluding carboxylic acids is 1. The molecule has 7 heteroatoms. The fraction of sp³-hybridized carbons (Fsp3) is 0.217. The van der Waals surface area contributed by atoms with Crippen molar-refractivity contribution in [2.75, 3.05) is 38.6 Å². The second-order valence-corrected chi connectivity index (χ2v) is 6.97. The van der Waals surface area contributed by atoms with E-state index in [9.17, 15) is 9.18 Å². The van der Waals surface area contributed by atoms with Crippen LogP contribution in [0, 0.1) is 17.7 Å². The fourth-order valence-electron chi connectivity index (χ4n) is 3.30. The highest BCUT2D eigenvalue weighted by Crippen LogP contribution is 2.28. The Morgan fingerprint density at radius 3 is 2.73 bits per heavy atom. The van der Waals surface area contributed by atoms with E-state index in [0.29, 0.717) is 23.4 Å². The number of aromatic nitrogens is 2. The molecule has 0 amide bonds. The summed E-state index contributed by atoms with van der Waals surface area (Å²) in [7, 11) is 0. The van der Waals surface area contributed by atoms with Crippen LogP contribution in [0.4, 0.5) is 10.2 Å². The summed E-state index contributed by atoms with van der Waals surface area (Å²) in [5.41, 5.74) is 8.46. The number of nitrogens with zero attached hydrogens (tertiary/aromatic N) is 2. The van der Waals surface area contributed by atoms with Crippen LogP contribution in [-0.2, 0) is 4.74 Å². The Kier molecular flexibility index (Phi) is 5.89. The normalized spacial score (nSPS) is 14.2. The molecule has 0 atom stereocenters. The van der Waals surface area contributed by atoms with Crippen LogP contribution in [0.25, 0.3) is 11.3 Å². The smallest absolute Gasteiger partial charge is 0.199 e. The van der Waals surface area contributed by atoms with Gasteiger partial charge >= 0.3 is 0 Å². The van der Waals surface area contributed by atoms with Gasteiger partial charge in [0, 0.05) is 29.8 Å². The molecule has 4 rings (SSSR count). The minimum Gasteiger partial charge on any atom is -0.383 e. The molecule has 2 heterocycles. The largest absolute Gasteiger partial charge is 0.383 e. The van der Waals surface area contributed by atoms with E-state index >= 15 is 0 Å². The van der Waals surface area contributed by atoms with Crippen LogP contribution in [0.1, 0.15) is 21.5 Å². The Balaban J connectivity index is 1.57. The van der Waals surface area contributed by atoms with Gasteiger partial charge in [0.05, 0.1) is 25.3 Å². The lowest BCUT2D eigenvalue weighted by molar-refractivity contribution is 0.0443. The third-order valence-corrected chi connectivity index (χ3v) is 4.90. The number of nitrogens with two attached hydrogens (primary N) is 1. The molecule has 0 saturated carbocycles. The maximum atomic E-state index is 13.3. The van der Waals surface area contributed by atoms with Crippen LogP contribution < -0.4 is 5.73 Å². The Hall–Kier alpha value is -3.47. The highest BCUT2D eigenvalue weighted by Gasteiger charge is 2.21. The number of ether oxygens (including phenoxy) is 1. The van der Waals surface area contributed by atoms with Crippen LogP contribution in [0.15, 0.2) is 48.5 Å². The van der Waals surface area contributed by atoms with Crippen molar-refractivity contribution in [2.24, 2.45) is 0 Å². The molecule has 0 unspecified atom stereocenters. The fourth-order valence-corrected chi connectivity index (χ4v) is 3.30. The molecule has 0 spiro atoms. The molecular formula is C23H21FN4O2. The topological polar surface area (TPSA) is 84.2 Å². The van der Waals surface area contributed by atoms with Crippen molar-refractivity contribution in [3.8, 4) is 23.1 Å². The zero-order chi connectivity index (χ0) is 20.9. The standard InChI is InChI=1S/C23H21FN4O2/c24-19-8-6-17(7-9-19)21-20(23(25)27-26-21)22(29)18-5-1-3-16(15-18)4-2-10-28-11-13-30-14-12-28/h1,3,5-9,15H,10-14H2,(H3,25,26,27). The van der Waals surface area contributed by atoms with E-state index in [-0.39, 0.29) is 23.0 Å². The highest BCUT2D eigenvalue weighted by atomic mass is 19.1. The van der Waals surface area contributed by atoms with E-state index in [1.165, 1.54) is 12.1 Å². The maximum absolute atomic E-state index is 13.3. The lowest BCUT2D eigenvalue weighted by atomic mass is 9.98. The third-order valence-electron chi connectivity index (χ3n) is 4.90. The number of nitrogens with one attached hydrogen (secondary N) is 1. The van der Waals surface area contributed by atoms with Gasteiger partial charge in [-0.15, -0.1) is 0 Å². The van der Waals surface area contributed by atoms with Gasteiger partial charge in [-0.2, -0.15) is 5.10 Å². The van der Waals surface area contributed by atoms with Gasteiger partial charge in [0.2, 0.25) is 0 Å². The number of ketones is 1. The van der Waals surface area contributed by atoms with Crippen molar-refractivity contribution in [1.82, 2.24) is 15.1 Å². The van der Waals surface area contributed by atoms with E-state index in [2.05, 4.69) is 26.9 Å². The van der Waals surface area contributed by atoms with Crippen molar-refractivity contribution >= 4 is 11.6 Å². The molecule has 152 valence electrons. The van der Waals surface area contributed by atoms with Gasteiger partial charge in [-0.3, -0.25) is 14.8 Å². The van der Waals surface area contributed by atoms with Crippen molar-refractivity contribution in [3.05, 3.63) is 71.0 Å². The molecular weight excluding hydrogens is 383 g/mol. The summed E-state index contributed by atoms with van der Waals surface area (Å²) in [4.78, 5) is 15.4. The lowest BCUT2D eigenvalue weighted by Crippen LogP contribution is -2.36. The lowest BCUT2D eigenvalue weighted by Gasteiger charge is -2.24. The van der Waals surface area contributed by atoms with Gasteiger partial charge in [0.1, 0.15) is 17.3 Å². The zero-order valence-electron chi connectivity index (χ0n) is 16.3. The molecule has 6 nitrogen and oxygen atoms in total. The summed E-state index contributed by atoms with van der Waals surface area (Å²) in [6.07, 6.45) is 0. The maximum Gasteiger partial charge on any atom is 0.199 e.